The standard InChI is InChI=1S/C23H36N4O2/c1-15(2)20-24-12-19(21(25-20)29-5)17-6-8-26(9-7-17)18-10-23(11-18)13-27(14-23)22(28)16(3)4/h12,15-18H,6-11,13-14H2,1-5H3. The molecule has 29 heavy (non-hydrogen) atoms. The molecule has 3 aliphatic rings. The van der Waals surface area contributed by atoms with Gasteiger partial charge in [-0.3, -0.25) is 4.79 Å². The number of likely N-dealkylation sites (tertiary alicyclic amines) is 2. The van der Waals surface area contributed by atoms with E-state index in [1.165, 1.54) is 18.4 Å². The first-order valence-electron chi connectivity index (χ1n) is 11.3. The summed E-state index contributed by atoms with van der Waals surface area (Å²) in [5.74, 6) is 2.85. The molecule has 3 fully saturated rings. The van der Waals surface area contributed by atoms with Crippen molar-refractivity contribution in [3.63, 3.8) is 0 Å². The van der Waals surface area contributed by atoms with Crippen molar-refractivity contribution in [3.8, 4) is 5.88 Å². The second-order valence-corrected chi connectivity index (χ2v) is 10.1. The molecule has 0 radical (unpaired) electrons. The molecule has 160 valence electrons. The van der Waals surface area contributed by atoms with Gasteiger partial charge in [-0.1, -0.05) is 27.7 Å². The Morgan fingerprint density at radius 2 is 1.83 bits per heavy atom. The van der Waals surface area contributed by atoms with Crippen molar-refractivity contribution in [2.75, 3.05) is 33.3 Å². The third-order valence-electron chi connectivity index (χ3n) is 7.19. The number of hydrogen-bond donors (Lipinski definition) is 0. The summed E-state index contributed by atoms with van der Waals surface area (Å²) < 4.78 is 5.59. The summed E-state index contributed by atoms with van der Waals surface area (Å²) in [5, 5.41) is 0. The molecule has 2 saturated heterocycles. The smallest absolute Gasteiger partial charge is 0.225 e. The molecule has 1 aromatic heterocycles. The third kappa shape index (κ3) is 3.88. The van der Waals surface area contributed by atoms with E-state index in [9.17, 15) is 4.79 Å². The Morgan fingerprint density at radius 3 is 2.38 bits per heavy atom. The summed E-state index contributed by atoms with van der Waals surface area (Å²) in [6.07, 6.45) is 6.79. The van der Waals surface area contributed by atoms with Gasteiger partial charge in [-0.15, -0.1) is 0 Å². The average molecular weight is 401 g/mol. The van der Waals surface area contributed by atoms with Gasteiger partial charge in [-0.25, -0.2) is 4.98 Å². The number of methoxy groups -OCH3 is 1. The summed E-state index contributed by atoms with van der Waals surface area (Å²) in [6, 6.07) is 0.703. The molecule has 0 bridgehead atoms. The zero-order chi connectivity index (χ0) is 20.8. The number of carbonyl (C=O) groups is 1. The number of hydrogen-bond acceptors (Lipinski definition) is 5. The number of aromatic nitrogens is 2. The second kappa shape index (κ2) is 7.86. The van der Waals surface area contributed by atoms with Gasteiger partial charge >= 0.3 is 0 Å². The zero-order valence-electron chi connectivity index (χ0n) is 18.6. The molecule has 0 aromatic carbocycles. The first-order valence-corrected chi connectivity index (χ1v) is 11.3. The molecule has 0 atom stereocenters. The van der Waals surface area contributed by atoms with Crippen molar-refractivity contribution in [1.29, 1.82) is 0 Å². The van der Waals surface area contributed by atoms with Crippen LogP contribution in [0.1, 0.15) is 76.6 Å². The molecule has 1 aliphatic carbocycles. The van der Waals surface area contributed by atoms with Crippen LogP contribution in [0.2, 0.25) is 0 Å². The van der Waals surface area contributed by atoms with Crippen LogP contribution in [0.4, 0.5) is 0 Å². The van der Waals surface area contributed by atoms with Crippen molar-refractivity contribution in [1.82, 2.24) is 19.8 Å². The van der Waals surface area contributed by atoms with Gasteiger partial charge in [0.2, 0.25) is 11.8 Å². The van der Waals surface area contributed by atoms with Gasteiger partial charge in [-0.2, -0.15) is 4.98 Å². The molecule has 3 heterocycles. The molecule has 1 spiro atoms. The van der Waals surface area contributed by atoms with Crippen LogP contribution in [0.15, 0.2) is 6.20 Å². The van der Waals surface area contributed by atoms with Gasteiger partial charge in [0.05, 0.1) is 7.11 Å². The Balaban J connectivity index is 1.28. The normalized spacial score (nSPS) is 22.8. The number of piperidine rings is 1. The highest BCUT2D eigenvalue weighted by Gasteiger charge is 2.55. The molecule has 1 aromatic rings. The van der Waals surface area contributed by atoms with Crippen LogP contribution < -0.4 is 4.74 Å². The maximum absolute atomic E-state index is 12.1. The quantitative estimate of drug-likeness (QED) is 0.758. The first-order chi connectivity index (χ1) is 13.8. The molecule has 0 unspecified atom stereocenters. The maximum atomic E-state index is 12.1. The fourth-order valence-corrected chi connectivity index (χ4v) is 5.43. The Kier molecular flexibility index (Phi) is 5.58. The van der Waals surface area contributed by atoms with Gasteiger partial charge in [0.1, 0.15) is 5.82 Å². The summed E-state index contributed by atoms with van der Waals surface area (Å²) in [7, 11) is 1.71. The van der Waals surface area contributed by atoms with E-state index in [1.807, 2.05) is 20.0 Å². The van der Waals surface area contributed by atoms with Gasteiger partial charge < -0.3 is 14.5 Å². The molecule has 1 amide bonds. The van der Waals surface area contributed by atoms with Crippen LogP contribution in [0.5, 0.6) is 5.88 Å². The van der Waals surface area contributed by atoms with Crippen LogP contribution >= 0.6 is 0 Å². The van der Waals surface area contributed by atoms with Crippen LogP contribution in [0, 0.1) is 11.3 Å². The van der Waals surface area contributed by atoms with Gasteiger partial charge in [-0.05, 0) is 44.7 Å². The van der Waals surface area contributed by atoms with E-state index in [-0.39, 0.29) is 5.92 Å². The third-order valence-corrected chi connectivity index (χ3v) is 7.19. The monoisotopic (exact) mass is 400 g/mol. The Labute approximate surface area is 175 Å². The molecular weight excluding hydrogens is 364 g/mol. The SMILES string of the molecule is COc1nc(C(C)C)ncc1C1CCN(C2CC3(C2)CN(C(=O)C(C)C)C3)CC1. The van der Waals surface area contributed by atoms with Crippen LogP contribution in [0.25, 0.3) is 0 Å². The van der Waals surface area contributed by atoms with Crippen molar-refractivity contribution in [3.05, 3.63) is 17.6 Å². The molecule has 2 aliphatic heterocycles. The fourth-order valence-electron chi connectivity index (χ4n) is 5.43. The minimum Gasteiger partial charge on any atom is -0.481 e. The van der Waals surface area contributed by atoms with Crippen LogP contribution in [0.3, 0.4) is 0 Å². The van der Waals surface area contributed by atoms with Crippen molar-refractivity contribution in [2.45, 2.75) is 71.3 Å². The Hall–Kier alpha value is -1.69. The van der Waals surface area contributed by atoms with Gasteiger partial charge in [0, 0.05) is 48.1 Å². The highest BCUT2D eigenvalue weighted by Crippen LogP contribution is 2.51. The van der Waals surface area contributed by atoms with E-state index in [0.29, 0.717) is 29.2 Å². The van der Waals surface area contributed by atoms with E-state index in [4.69, 9.17) is 4.74 Å². The average Bonchev–Trinajstić information content (AvgIpc) is 2.65. The second-order valence-electron chi connectivity index (χ2n) is 10.1. The minimum absolute atomic E-state index is 0.123. The maximum Gasteiger partial charge on any atom is 0.225 e. The number of ether oxygens (including phenoxy) is 1. The van der Waals surface area contributed by atoms with E-state index >= 15 is 0 Å². The van der Waals surface area contributed by atoms with Crippen molar-refractivity contribution < 1.29 is 9.53 Å². The summed E-state index contributed by atoms with van der Waals surface area (Å²) in [6.45, 7) is 12.4. The zero-order valence-corrected chi connectivity index (χ0v) is 18.6. The predicted octanol–water partition coefficient (Wildman–Crippen LogP) is 3.44. The Morgan fingerprint density at radius 1 is 1.17 bits per heavy atom. The summed E-state index contributed by atoms with van der Waals surface area (Å²) >= 11 is 0. The van der Waals surface area contributed by atoms with Crippen LogP contribution in [-0.4, -0.2) is 65.0 Å². The van der Waals surface area contributed by atoms with Gasteiger partial charge in [0.15, 0.2) is 0 Å². The van der Waals surface area contributed by atoms with E-state index < -0.39 is 0 Å². The first kappa shape index (κ1) is 20.6. The van der Waals surface area contributed by atoms with Crippen LogP contribution in [-0.2, 0) is 4.79 Å². The van der Waals surface area contributed by atoms with E-state index in [2.05, 4.69) is 33.6 Å². The number of carbonyl (C=O) groups excluding carboxylic acids is 1. The largest absolute Gasteiger partial charge is 0.481 e. The molecular formula is C23H36N4O2. The lowest BCUT2D eigenvalue weighted by Gasteiger charge is -2.61. The topological polar surface area (TPSA) is 58.6 Å². The summed E-state index contributed by atoms with van der Waals surface area (Å²) in [5.41, 5.74) is 1.60. The number of rotatable bonds is 5. The molecule has 0 N–H and O–H groups in total. The highest BCUT2D eigenvalue weighted by atomic mass is 16.5. The fraction of sp³-hybridized carbons (Fsp3) is 0.783. The lowest BCUT2D eigenvalue weighted by Crippen LogP contribution is -2.68. The Bertz CT molecular complexity index is 741. The highest BCUT2D eigenvalue weighted by molar-refractivity contribution is 5.79. The predicted molar refractivity (Wildman–Crippen MR) is 113 cm³/mol. The minimum atomic E-state index is 0.123. The van der Waals surface area contributed by atoms with Crippen molar-refractivity contribution in [2.24, 2.45) is 11.3 Å². The van der Waals surface area contributed by atoms with Gasteiger partial charge in [0.25, 0.3) is 0 Å². The molecule has 1 saturated carbocycles. The lowest BCUT2D eigenvalue weighted by atomic mass is 9.60. The lowest BCUT2D eigenvalue weighted by molar-refractivity contribution is -0.161. The molecule has 4 rings (SSSR count). The number of nitrogens with zero attached hydrogens (tertiary/aromatic N) is 4. The summed E-state index contributed by atoms with van der Waals surface area (Å²) in [4.78, 5) is 26.1. The van der Waals surface area contributed by atoms with E-state index in [0.717, 1.165) is 50.7 Å². The van der Waals surface area contributed by atoms with E-state index in [1.54, 1.807) is 7.11 Å². The van der Waals surface area contributed by atoms with Crippen molar-refractivity contribution >= 4 is 5.91 Å². The molecule has 6 heteroatoms. The number of amides is 1. The molecule has 6 nitrogen and oxygen atoms in total.